The summed E-state index contributed by atoms with van der Waals surface area (Å²) >= 11 is 0. The summed E-state index contributed by atoms with van der Waals surface area (Å²) in [6.45, 7) is 8.91. The Hall–Kier alpha value is -1.71. The van der Waals surface area contributed by atoms with E-state index in [1.807, 2.05) is 33.8 Å². The lowest BCUT2D eigenvalue weighted by Gasteiger charge is -2.08. The molecule has 0 radical (unpaired) electrons. The smallest absolute Gasteiger partial charge is 0.139 e. The highest BCUT2D eigenvalue weighted by Crippen LogP contribution is 2.27. The SMILES string of the molecule is CC.Cc1cc2nc(C)nc3c2c(n1)CCCN3. The van der Waals surface area contributed by atoms with Gasteiger partial charge in [-0.15, -0.1) is 0 Å². The van der Waals surface area contributed by atoms with E-state index in [1.54, 1.807) is 0 Å². The molecular weight excluding hydrogens is 224 g/mol. The molecule has 3 heterocycles. The average molecular weight is 244 g/mol. The third-order valence-electron chi connectivity index (χ3n) is 2.88. The van der Waals surface area contributed by atoms with E-state index in [9.17, 15) is 0 Å². The zero-order valence-electron chi connectivity index (χ0n) is 11.5. The number of anilines is 1. The van der Waals surface area contributed by atoms with Gasteiger partial charge in [-0.25, -0.2) is 9.97 Å². The summed E-state index contributed by atoms with van der Waals surface area (Å²) in [6, 6.07) is 2.03. The molecule has 0 bridgehead atoms. The Balaban J connectivity index is 0.000000574. The lowest BCUT2D eigenvalue weighted by atomic mass is 10.1. The second kappa shape index (κ2) is 5.29. The van der Waals surface area contributed by atoms with Crippen LogP contribution < -0.4 is 5.32 Å². The third-order valence-corrected chi connectivity index (χ3v) is 2.88. The first-order valence-corrected chi connectivity index (χ1v) is 6.63. The molecule has 18 heavy (non-hydrogen) atoms. The fraction of sp³-hybridized carbons (Fsp3) is 0.500. The maximum atomic E-state index is 4.60. The van der Waals surface area contributed by atoms with Crippen LogP contribution in [0.2, 0.25) is 0 Å². The molecule has 2 aromatic rings. The summed E-state index contributed by atoms with van der Waals surface area (Å²) in [5.41, 5.74) is 3.18. The Morgan fingerprint density at radius 2 is 1.89 bits per heavy atom. The summed E-state index contributed by atoms with van der Waals surface area (Å²) in [7, 11) is 0. The molecule has 0 fully saturated rings. The number of hydrogen-bond donors (Lipinski definition) is 1. The number of aromatic nitrogens is 3. The number of nitrogens with zero attached hydrogens (tertiary/aromatic N) is 3. The van der Waals surface area contributed by atoms with Crippen molar-refractivity contribution >= 4 is 16.7 Å². The molecule has 4 nitrogen and oxygen atoms in total. The molecule has 1 N–H and O–H groups in total. The predicted octanol–water partition coefficient (Wildman–Crippen LogP) is 3.03. The normalized spacial score (nSPS) is 13.3. The molecule has 0 saturated carbocycles. The Kier molecular flexibility index (Phi) is 3.75. The molecule has 3 rings (SSSR count). The lowest BCUT2D eigenvalue weighted by Crippen LogP contribution is -2.03. The Bertz CT molecular complexity index is 516. The van der Waals surface area contributed by atoms with E-state index in [1.165, 1.54) is 0 Å². The van der Waals surface area contributed by atoms with Gasteiger partial charge in [0, 0.05) is 12.2 Å². The fourth-order valence-electron chi connectivity index (χ4n) is 2.25. The first-order chi connectivity index (χ1) is 8.74. The van der Waals surface area contributed by atoms with Gasteiger partial charge >= 0.3 is 0 Å². The topological polar surface area (TPSA) is 50.7 Å². The zero-order chi connectivity index (χ0) is 13.1. The van der Waals surface area contributed by atoms with E-state index >= 15 is 0 Å². The minimum Gasteiger partial charge on any atom is -0.369 e. The lowest BCUT2D eigenvalue weighted by molar-refractivity contribution is 0.849. The number of aryl methyl sites for hydroxylation is 3. The summed E-state index contributed by atoms with van der Waals surface area (Å²) in [5, 5.41) is 4.46. The first kappa shape index (κ1) is 12.7. The summed E-state index contributed by atoms with van der Waals surface area (Å²) in [5.74, 6) is 1.76. The van der Waals surface area contributed by atoms with Crippen LogP contribution >= 0.6 is 0 Å². The summed E-state index contributed by atoms with van der Waals surface area (Å²) in [4.78, 5) is 13.6. The van der Waals surface area contributed by atoms with E-state index in [2.05, 4.69) is 20.3 Å². The second-order valence-corrected chi connectivity index (χ2v) is 4.25. The predicted molar refractivity (Wildman–Crippen MR) is 75.0 cm³/mol. The van der Waals surface area contributed by atoms with Crippen LogP contribution in [0.25, 0.3) is 10.9 Å². The van der Waals surface area contributed by atoms with Crippen LogP contribution in [0, 0.1) is 13.8 Å². The summed E-state index contributed by atoms with van der Waals surface area (Å²) in [6.07, 6.45) is 2.10. The highest BCUT2D eigenvalue weighted by atomic mass is 15.0. The number of pyridine rings is 1. The first-order valence-electron chi connectivity index (χ1n) is 6.63. The van der Waals surface area contributed by atoms with Crippen molar-refractivity contribution in [2.24, 2.45) is 0 Å². The fourth-order valence-corrected chi connectivity index (χ4v) is 2.25. The van der Waals surface area contributed by atoms with Crippen LogP contribution in [0.4, 0.5) is 5.82 Å². The number of nitrogens with one attached hydrogen (secondary N) is 1. The van der Waals surface area contributed by atoms with Gasteiger partial charge in [0.25, 0.3) is 0 Å². The summed E-state index contributed by atoms with van der Waals surface area (Å²) < 4.78 is 0. The van der Waals surface area contributed by atoms with Crippen LogP contribution in [0.1, 0.15) is 37.5 Å². The van der Waals surface area contributed by atoms with E-state index in [4.69, 9.17) is 0 Å². The molecular formula is C14H20N4. The van der Waals surface area contributed by atoms with Gasteiger partial charge in [0.05, 0.1) is 16.6 Å². The van der Waals surface area contributed by atoms with Crippen molar-refractivity contribution in [3.05, 3.63) is 23.3 Å². The molecule has 0 aromatic carbocycles. The molecule has 1 aliphatic rings. The van der Waals surface area contributed by atoms with Crippen molar-refractivity contribution < 1.29 is 0 Å². The van der Waals surface area contributed by atoms with Crippen molar-refractivity contribution in [3.63, 3.8) is 0 Å². The van der Waals surface area contributed by atoms with E-state index in [-0.39, 0.29) is 0 Å². The van der Waals surface area contributed by atoms with Crippen molar-refractivity contribution in [3.8, 4) is 0 Å². The quantitative estimate of drug-likeness (QED) is 0.774. The number of hydrogen-bond acceptors (Lipinski definition) is 4. The van der Waals surface area contributed by atoms with Crippen molar-refractivity contribution in [2.45, 2.75) is 40.5 Å². The standard InChI is InChI=1S/C12H14N4.C2H6/c1-7-6-10-11-9(14-7)4-3-5-13-12(11)16-8(2)15-10;1-2/h6H,3-5H2,1-2H3,(H,13,15,16);1-2H3. The monoisotopic (exact) mass is 244 g/mol. The third kappa shape index (κ3) is 2.28. The minimum atomic E-state index is 0.813. The molecule has 0 aliphatic carbocycles. The van der Waals surface area contributed by atoms with E-state index < -0.39 is 0 Å². The van der Waals surface area contributed by atoms with Crippen LogP contribution in [0.5, 0.6) is 0 Å². The van der Waals surface area contributed by atoms with Crippen LogP contribution in [0.15, 0.2) is 6.07 Å². The zero-order valence-corrected chi connectivity index (χ0v) is 11.5. The molecule has 0 atom stereocenters. The average Bonchev–Trinajstić information content (AvgIpc) is 2.54. The van der Waals surface area contributed by atoms with E-state index in [0.29, 0.717) is 0 Å². The van der Waals surface area contributed by atoms with Crippen molar-refractivity contribution in [2.75, 3.05) is 11.9 Å². The Morgan fingerprint density at radius 3 is 2.67 bits per heavy atom. The maximum absolute atomic E-state index is 4.60. The largest absolute Gasteiger partial charge is 0.369 e. The van der Waals surface area contributed by atoms with Crippen molar-refractivity contribution in [1.82, 2.24) is 15.0 Å². The molecule has 0 amide bonds. The molecule has 1 aliphatic heterocycles. The van der Waals surface area contributed by atoms with Gasteiger partial charge < -0.3 is 5.32 Å². The minimum absolute atomic E-state index is 0.813. The van der Waals surface area contributed by atoms with Gasteiger partial charge in [-0.2, -0.15) is 0 Å². The van der Waals surface area contributed by atoms with Gasteiger partial charge in [0.2, 0.25) is 0 Å². The molecule has 0 spiro atoms. The van der Waals surface area contributed by atoms with Crippen molar-refractivity contribution in [1.29, 1.82) is 0 Å². The van der Waals surface area contributed by atoms with Gasteiger partial charge in [0.1, 0.15) is 11.6 Å². The van der Waals surface area contributed by atoms with Crippen LogP contribution in [-0.4, -0.2) is 21.5 Å². The molecule has 4 heteroatoms. The van der Waals surface area contributed by atoms with Gasteiger partial charge in [-0.1, -0.05) is 13.8 Å². The van der Waals surface area contributed by atoms with Gasteiger partial charge in [-0.05, 0) is 32.8 Å². The highest BCUT2D eigenvalue weighted by Gasteiger charge is 2.15. The number of rotatable bonds is 0. The maximum Gasteiger partial charge on any atom is 0.139 e. The van der Waals surface area contributed by atoms with Crippen LogP contribution in [-0.2, 0) is 6.42 Å². The molecule has 0 saturated heterocycles. The Labute approximate surface area is 108 Å². The highest BCUT2D eigenvalue weighted by molar-refractivity contribution is 5.91. The van der Waals surface area contributed by atoms with Crippen LogP contribution in [0.3, 0.4) is 0 Å². The molecule has 2 aromatic heterocycles. The second-order valence-electron chi connectivity index (χ2n) is 4.25. The van der Waals surface area contributed by atoms with Gasteiger partial charge in [0.15, 0.2) is 0 Å². The Morgan fingerprint density at radius 1 is 1.11 bits per heavy atom. The molecule has 0 unspecified atom stereocenters. The van der Waals surface area contributed by atoms with Gasteiger partial charge in [-0.3, -0.25) is 4.98 Å². The molecule has 96 valence electrons. The van der Waals surface area contributed by atoms with E-state index in [0.717, 1.165) is 53.3 Å².